The molecule has 0 aliphatic carbocycles. The summed E-state index contributed by atoms with van der Waals surface area (Å²) in [7, 11) is 1.91. The fourth-order valence-electron chi connectivity index (χ4n) is 4.39. The van der Waals surface area contributed by atoms with E-state index in [1.165, 1.54) is 22.9 Å². The van der Waals surface area contributed by atoms with Gasteiger partial charge in [-0.15, -0.1) is 18.3 Å². The molecule has 40 heavy (non-hydrogen) atoms. The van der Waals surface area contributed by atoms with Crippen LogP contribution in [0.2, 0.25) is 0 Å². The van der Waals surface area contributed by atoms with E-state index in [0.717, 1.165) is 16.8 Å². The van der Waals surface area contributed by atoms with Gasteiger partial charge in [0.1, 0.15) is 23.7 Å². The topological polar surface area (TPSA) is 89.7 Å². The number of hydrogen-bond donors (Lipinski definition) is 1. The van der Waals surface area contributed by atoms with Crippen LogP contribution in [0.15, 0.2) is 66.7 Å². The fourth-order valence-corrected chi connectivity index (χ4v) is 4.39. The molecular weight excluding hydrogens is 525 g/mol. The number of carboxylic acids is 1. The predicted octanol–water partition coefficient (Wildman–Crippen LogP) is 6.51. The number of anilines is 1. The molecule has 8 nitrogen and oxygen atoms in total. The Labute approximate surface area is 229 Å². The average Bonchev–Trinajstić information content (AvgIpc) is 3.31. The normalized spacial score (nSPS) is 11.5. The van der Waals surface area contributed by atoms with Crippen LogP contribution in [-0.4, -0.2) is 39.5 Å². The number of para-hydroxylation sites is 2. The summed E-state index contributed by atoms with van der Waals surface area (Å²) in [5.74, 6) is -0.866. The Morgan fingerprint density at radius 2 is 1.82 bits per heavy atom. The minimum Gasteiger partial charge on any atom is -0.487 e. The molecule has 0 saturated carbocycles. The number of carbonyl (C=O) groups is 1. The summed E-state index contributed by atoms with van der Waals surface area (Å²) in [6.07, 6.45) is -4.86. The van der Waals surface area contributed by atoms with Gasteiger partial charge < -0.3 is 19.5 Å². The molecule has 1 aromatic heterocycles. The molecule has 0 aliphatic heterocycles. The Hall–Kier alpha value is -4.54. The number of alkyl halides is 3. The van der Waals surface area contributed by atoms with Crippen molar-refractivity contribution in [1.82, 2.24) is 15.0 Å². The van der Waals surface area contributed by atoms with Crippen molar-refractivity contribution in [1.29, 1.82) is 0 Å². The number of aromatic carboxylic acids is 1. The van der Waals surface area contributed by atoms with Gasteiger partial charge in [-0.25, -0.2) is 9.48 Å². The molecule has 4 aromatic rings. The molecule has 4 rings (SSSR count). The molecule has 3 aromatic carbocycles. The van der Waals surface area contributed by atoms with Crippen LogP contribution in [0.25, 0.3) is 5.69 Å². The number of halogens is 3. The molecule has 11 heteroatoms. The second-order valence-electron chi connectivity index (χ2n) is 9.60. The van der Waals surface area contributed by atoms with Crippen molar-refractivity contribution in [3.05, 3.63) is 94.8 Å². The maximum absolute atomic E-state index is 13.0. The summed E-state index contributed by atoms with van der Waals surface area (Å²) < 4.78 is 50.7. The summed E-state index contributed by atoms with van der Waals surface area (Å²) in [6.45, 7) is 6.28. The van der Waals surface area contributed by atoms with Gasteiger partial charge in [-0.3, -0.25) is 0 Å². The van der Waals surface area contributed by atoms with E-state index in [2.05, 4.69) is 15.0 Å². The van der Waals surface area contributed by atoms with E-state index in [1.54, 1.807) is 30.3 Å². The van der Waals surface area contributed by atoms with E-state index in [1.807, 2.05) is 50.9 Å². The van der Waals surface area contributed by atoms with Crippen LogP contribution in [0.4, 0.5) is 18.9 Å². The van der Waals surface area contributed by atoms with Crippen molar-refractivity contribution in [2.45, 2.75) is 46.2 Å². The lowest BCUT2D eigenvalue weighted by molar-refractivity contribution is -0.274. The van der Waals surface area contributed by atoms with Crippen LogP contribution in [0.1, 0.15) is 52.6 Å². The Morgan fingerprint density at radius 1 is 1.07 bits per heavy atom. The lowest BCUT2D eigenvalue weighted by atomic mass is 10.1. The maximum Gasteiger partial charge on any atom is 0.573 e. The molecule has 0 amide bonds. The monoisotopic (exact) mass is 554 g/mol. The zero-order valence-corrected chi connectivity index (χ0v) is 22.4. The van der Waals surface area contributed by atoms with Crippen LogP contribution in [0, 0.1) is 6.92 Å². The van der Waals surface area contributed by atoms with Crippen LogP contribution >= 0.6 is 0 Å². The summed E-state index contributed by atoms with van der Waals surface area (Å²) >= 11 is 0. The van der Waals surface area contributed by atoms with Crippen LogP contribution < -0.4 is 14.4 Å². The van der Waals surface area contributed by atoms with Crippen molar-refractivity contribution < 1.29 is 32.5 Å². The van der Waals surface area contributed by atoms with Crippen molar-refractivity contribution in [3.63, 3.8) is 0 Å². The second-order valence-corrected chi connectivity index (χ2v) is 9.60. The van der Waals surface area contributed by atoms with Gasteiger partial charge in [0.05, 0.1) is 11.3 Å². The first-order valence-corrected chi connectivity index (χ1v) is 12.5. The number of nitrogens with zero attached hydrogens (tertiary/aromatic N) is 4. The van der Waals surface area contributed by atoms with E-state index in [9.17, 15) is 23.1 Å². The molecule has 1 N–H and O–H groups in total. The number of benzene rings is 3. The number of hydrogen-bond acceptors (Lipinski definition) is 6. The molecule has 0 atom stereocenters. The van der Waals surface area contributed by atoms with Crippen LogP contribution in [0.3, 0.4) is 0 Å². The lowest BCUT2D eigenvalue weighted by Crippen LogP contribution is -2.19. The predicted molar refractivity (Wildman–Crippen MR) is 143 cm³/mol. The van der Waals surface area contributed by atoms with Gasteiger partial charge in [0.25, 0.3) is 0 Å². The number of ether oxygens (including phenoxy) is 2. The largest absolute Gasteiger partial charge is 0.573 e. The number of aryl methyl sites for hydroxylation is 1. The number of aromatic nitrogens is 3. The van der Waals surface area contributed by atoms with Gasteiger partial charge in [0, 0.05) is 19.3 Å². The van der Waals surface area contributed by atoms with E-state index in [-0.39, 0.29) is 23.8 Å². The Balaban J connectivity index is 1.55. The third-order valence-corrected chi connectivity index (χ3v) is 6.21. The minimum atomic E-state index is -4.86. The quantitative estimate of drug-likeness (QED) is 0.239. The van der Waals surface area contributed by atoms with Crippen LogP contribution in [0.5, 0.6) is 11.5 Å². The molecule has 210 valence electrons. The fraction of sp³-hybridized carbons (Fsp3) is 0.276. The molecule has 0 unspecified atom stereocenters. The maximum atomic E-state index is 13.0. The first-order valence-electron chi connectivity index (χ1n) is 12.5. The first-order chi connectivity index (χ1) is 18.9. The van der Waals surface area contributed by atoms with Crippen molar-refractivity contribution in [2.75, 3.05) is 11.9 Å². The van der Waals surface area contributed by atoms with Crippen molar-refractivity contribution >= 4 is 11.7 Å². The van der Waals surface area contributed by atoms with Crippen molar-refractivity contribution in [2.24, 2.45) is 0 Å². The molecule has 0 aliphatic rings. The molecule has 0 bridgehead atoms. The molecule has 0 spiro atoms. The summed E-state index contributed by atoms with van der Waals surface area (Å²) in [5, 5.41) is 17.6. The molecule has 0 saturated heterocycles. The highest BCUT2D eigenvalue weighted by Crippen LogP contribution is 2.32. The second kappa shape index (κ2) is 11.7. The first kappa shape index (κ1) is 28.5. The average molecular weight is 555 g/mol. The third-order valence-electron chi connectivity index (χ3n) is 6.21. The van der Waals surface area contributed by atoms with E-state index in [4.69, 9.17) is 4.74 Å². The summed E-state index contributed by atoms with van der Waals surface area (Å²) in [4.78, 5) is 13.3. The summed E-state index contributed by atoms with van der Waals surface area (Å²) in [6, 6.07) is 18.1. The zero-order valence-electron chi connectivity index (χ0n) is 22.4. The van der Waals surface area contributed by atoms with Gasteiger partial charge in [0.2, 0.25) is 0 Å². The van der Waals surface area contributed by atoms with Gasteiger partial charge in [-0.05, 0) is 66.4 Å². The standard InChI is InChI=1S/C29H29F3N4O4/c1-18(2)27-25(36(34-33-27)24-10-5-6-11-26(24)40-29(30,31)32)17-39-22-12-13-23(19(3)14-22)35(4)16-20-8-7-9-21(15-20)28(37)38/h5-15,18H,16-17H2,1-4H3,(H,37,38). The lowest BCUT2D eigenvalue weighted by Gasteiger charge is -2.22. The summed E-state index contributed by atoms with van der Waals surface area (Å²) in [5.41, 5.74) is 4.14. The highest BCUT2D eigenvalue weighted by molar-refractivity contribution is 5.87. The molecule has 1 heterocycles. The zero-order chi connectivity index (χ0) is 29.0. The van der Waals surface area contributed by atoms with Gasteiger partial charge in [-0.2, -0.15) is 0 Å². The Kier molecular flexibility index (Phi) is 8.32. The Bertz CT molecular complexity index is 1500. The Morgan fingerprint density at radius 3 is 2.50 bits per heavy atom. The highest BCUT2D eigenvalue weighted by atomic mass is 19.4. The van der Waals surface area contributed by atoms with Gasteiger partial charge >= 0.3 is 12.3 Å². The van der Waals surface area contributed by atoms with Gasteiger partial charge in [0.15, 0.2) is 5.75 Å². The molecule has 0 radical (unpaired) electrons. The molecule has 0 fully saturated rings. The SMILES string of the molecule is Cc1cc(OCc2c(C(C)C)nnn2-c2ccccc2OC(F)(F)F)ccc1N(C)Cc1cccc(C(=O)O)c1. The van der Waals surface area contributed by atoms with E-state index >= 15 is 0 Å². The van der Waals surface area contributed by atoms with Crippen molar-refractivity contribution in [3.8, 4) is 17.2 Å². The highest BCUT2D eigenvalue weighted by Gasteiger charge is 2.33. The van der Waals surface area contributed by atoms with Gasteiger partial charge in [-0.1, -0.05) is 43.3 Å². The smallest absolute Gasteiger partial charge is 0.487 e. The number of carboxylic acid groups (broad SMARTS) is 1. The van der Waals surface area contributed by atoms with E-state index < -0.39 is 18.1 Å². The van der Waals surface area contributed by atoms with E-state index in [0.29, 0.717) is 23.7 Å². The third kappa shape index (κ3) is 6.71. The van der Waals surface area contributed by atoms with Crippen LogP contribution in [-0.2, 0) is 13.2 Å². The number of rotatable bonds is 10. The molecular formula is C29H29F3N4O4. The minimum absolute atomic E-state index is 0.0114.